The second-order valence-corrected chi connectivity index (χ2v) is 4.20. The molecule has 0 unspecified atom stereocenters. The molecule has 6 heteroatoms. The van der Waals surface area contributed by atoms with Crippen LogP contribution in [0.25, 0.3) is 0 Å². The first-order valence-electron chi connectivity index (χ1n) is 6.19. The molecule has 21 heavy (non-hydrogen) atoms. The third-order valence-corrected chi connectivity index (χ3v) is 2.60. The maximum atomic E-state index is 13.2. The zero-order valence-electron chi connectivity index (χ0n) is 11.3. The molecule has 0 aliphatic carbocycles. The first kappa shape index (κ1) is 14.8. The molecule has 1 aromatic heterocycles. The zero-order chi connectivity index (χ0) is 15.2. The van der Waals surface area contributed by atoms with Crippen LogP contribution in [-0.4, -0.2) is 22.6 Å². The maximum Gasteiger partial charge on any atom is 0.252 e. The van der Waals surface area contributed by atoms with Crippen LogP contribution in [0.15, 0.2) is 28.8 Å². The van der Waals surface area contributed by atoms with Crippen molar-refractivity contribution in [2.24, 2.45) is 0 Å². The molecule has 0 aliphatic rings. The summed E-state index contributed by atoms with van der Waals surface area (Å²) < 4.78 is 18.4. The average molecular weight is 288 g/mol. The Balaban J connectivity index is 2.14. The Morgan fingerprint density at radius 1 is 1.52 bits per heavy atom. The number of halogens is 1. The lowest BCUT2D eigenvalue weighted by atomic mass is 10.1. The number of oxazole rings is 1. The quantitative estimate of drug-likeness (QED) is 0.837. The Labute approximate surface area is 120 Å². The van der Waals surface area contributed by atoms with Crippen LogP contribution in [0.5, 0.6) is 0 Å². The average Bonchev–Trinajstić information content (AvgIpc) is 2.88. The molecule has 0 saturated heterocycles. The van der Waals surface area contributed by atoms with E-state index >= 15 is 0 Å². The van der Waals surface area contributed by atoms with Gasteiger partial charge in [-0.25, -0.2) is 9.37 Å². The minimum absolute atomic E-state index is 0.122. The Hall–Kier alpha value is -2.65. The van der Waals surface area contributed by atoms with Crippen LogP contribution in [0.1, 0.15) is 27.6 Å². The summed E-state index contributed by atoms with van der Waals surface area (Å²) in [5.41, 5.74) is 0.436. The number of carbonyl (C=O) groups is 1. The Morgan fingerprint density at radius 2 is 2.33 bits per heavy atom. The Kier molecular flexibility index (Phi) is 4.69. The molecule has 0 bridgehead atoms. The number of hydrogen-bond donors (Lipinski definition) is 2. The number of amides is 1. The molecule has 0 fully saturated rings. The van der Waals surface area contributed by atoms with Crippen molar-refractivity contribution < 1.29 is 18.7 Å². The number of nitrogens with zero attached hydrogens (tertiary/aromatic N) is 1. The molecule has 5 nitrogen and oxygen atoms in total. The van der Waals surface area contributed by atoms with Gasteiger partial charge in [0, 0.05) is 5.56 Å². The Morgan fingerprint density at radius 3 is 3.00 bits per heavy atom. The molecule has 0 spiro atoms. The van der Waals surface area contributed by atoms with Gasteiger partial charge < -0.3 is 14.8 Å². The first-order chi connectivity index (χ1) is 10.1. The minimum atomic E-state index is -0.503. The summed E-state index contributed by atoms with van der Waals surface area (Å²) in [6, 6.07) is 3.66. The molecule has 1 aromatic carbocycles. The molecule has 1 heterocycles. The summed E-state index contributed by atoms with van der Waals surface area (Å²) in [6.45, 7) is 1.50. The predicted octanol–water partition coefficient (Wildman–Crippen LogP) is 1.40. The summed E-state index contributed by atoms with van der Waals surface area (Å²) in [7, 11) is 0. The molecular formula is C15H13FN2O3. The van der Waals surface area contributed by atoms with Gasteiger partial charge in [0.15, 0.2) is 0 Å². The molecule has 2 rings (SSSR count). The van der Waals surface area contributed by atoms with Crippen LogP contribution < -0.4 is 5.32 Å². The summed E-state index contributed by atoms with van der Waals surface area (Å²) in [4.78, 5) is 16.1. The number of benzene rings is 1. The van der Waals surface area contributed by atoms with Crippen molar-refractivity contribution in [1.82, 2.24) is 10.3 Å². The smallest absolute Gasteiger partial charge is 0.252 e. The number of hydrogen-bond acceptors (Lipinski definition) is 4. The number of carbonyl (C=O) groups excluding carboxylic acids is 1. The van der Waals surface area contributed by atoms with Crippen LogP contribution in [0.4, 0.5) is 4.39 Å². The normalized spacial score (nSPS) is 9.86. The molecular weight excluding hydrogens is 275 g/mol. The molecule has 0 aliphatic heterocycles. The number of aliphatic hydroxyl groups excluding tert-OH is 1. The van der Waals surface area contributed by atoms with E-state index in [0.29, 0.717) is 11.7 Å². The van der Waals surface area contributed by atoms with Crippen LogP contribution in [0.2, 0.25) is 0 Å². The lowest BCUT2D eigenvalue weighted by molar-refractivity contribution is 0.0947. The number of aryl methyl sites for hydroxylation is 1. The van der Waals surface area contributed by atoms with Crippen molar-refractivity contribution in [2.75, 3.05) is 6.61 Å². The predicted molar refractivity (Wildman–Crippen MR) is 72.8 cm³/mol. The molecule has 2 N–H and O–H groups in total. The van der Waals surface area contributed by atoms with Gasteiger partial charge in [-0.05, 0) is 25.1 Å². The second kappa shape index (κ2) is 6.68. The van der Waals surface area contributed by atoms with E-state index in [2.05, 4.69) is 22.1 Å². The van der Waals surface area contributed by atoms with E-state index in [1.54, 1.807) is 13.1 Å². The molecule has 0 radical (unpaired) electrons. The van der Waals surface area contributed by atoms with Crippen molar-refractivity contribution in [2.45, 2.75) is 13.5 Å². The topological polar surface area (TPSA) is 75.4 Å². The van der Waals surface area contributed by atoms with Gasteiger partial charge in [-0.3, -0.25) is 4.79 Å². The fourth-order valence-corrected chi connectivity index (χ4v) is 1.69. The van der Waals surface area contributed by atoms with E-state index in [9.17, 15) is 9.18 Å². The fraction of sp³-hybridized carbons (Fsp3) is 0.200. The highest BCUT2D eigenvalue weighted by Crippen LogP contribution is 2.11. The standard InChI is InChI=1S/C15H13FN2O3/c1-10-8-17-14(21-10)9-18-15(20)13-5-4-12(16)7-11(13)3-2-6-19/h4-5,7-8,19H,6,9H2,1H3,(H,18,20). The number of aromatic nitrogens is 1. The van der Waals surface area contributed by atoms with E-state index in [1.807, 2.05) is 0 Å². The van der Waals surface area contributed by atoms with E-state index in [4.69, 9.17) is 9.52 Å². The van der Waals surface area contributed by atoms with Gasteiger partial charge in [0.05, 0.1) is 18.3 Å². The monoisotopic (exact) mass is 288 g/mol. The van der Waals surface area contributed by atoms with Gasteiger partial charge in [0.1, 0.15) is 18.2 Å². The van der Waals surface area contributed by atoms with Gasteiger partial charge in [0.2, 0.25) is 5.89 Å². The highest BCUT2D eigenvalue weighted by molar-refractivity contribution is 5.96. The fourth-order valence-electron chi connectivity index (χ4n) is 1.69. The largest absolute Gasteiger partial charge is 0.444 e. The van der Waals surface area contributed by atoms with Gasteiger partial charge in [-0.15, -0.1) is 0 Å². The number of nitrogens with one attached hydrogen (secondary N) is 1. The Bertz CT molecular complexity index is 713. The van der Waals surface area contributed by atoms with Crippen molar-refractivity contribution in [3.8, 4) is 11.8 Å². The molecule has 108 valence electrons. The summed E-state index contributed by atoms with van der Waals surface area (Å²) in [6.07, 6.45) is 1.55. The minimum Gasteiger partial charge on any atom is -0.444 e. The highest BCUT2D eigenvalue weighted by atomic mass is 19.1. The highest BCUT2D eigenvalue weighted by Gasteiger charge is 2.12. The lowest BCUT2D eigenvalue weighted by Gasteiger charge is -2.05. The van der Waals surface area contributed by atoms with Gasteiger partial charge in [0.25, 0.3) is 5.91 Å². The molecule has 0 saturated carbocycles. The first-order valence-corrected chi connectivity index (χ1v) is 6.19. The molecule has 1 amide bonds. The third-order valence-electron chi connectivity index (χ3n) is 2.60. The van der Waals surface area contributed by atoms with E-state index in [1.165, 1.54) is 12.1 Å². The van der Waals surface area contributed by atoms with Crippen molar-refractivity contribution in [3.63, 3.8) is 0 Å². The summed E-state index contributed by atoms with van der Waals surface area (Å²) in [5.74, 6) is 5.04. The van der Waals surface area contributed by atoms with Crippen molar-refractivity contribution >= 4 is 5.91 Å². The summed E-state index contributed by atoms with van der Waals surface area (Å²) in [5, 5.41) is 11.3. The molecule has 0 atom stereocenters. The lowest BCUT2D eigenvalue weighted by Crippen LogP contribution is -2.24. The van der Waals surface area contributed by atoms with E-state index < -0.39 is 11.7 Å². The van der Waals surface area contributed by atoms with Gasteiger partial charge >= 0.3 is 0 Å². The van der Waals surface area contributed by atoms with Crippen LogP contribution in [-0.2, 0) is 6.54 Å². The number of rotatable bonds is 3. The van der Waals surface area contributed by atoms with Gasteiger partial charge in [-0.2, -0.15) is 0 Å². The second-order valence-electron chi connectivity index (χ2n) is 4.20. The molecule has 2 aromatic rings. The van der Waals surface area contributed by atoms with Gasteiger partial charge in [-0.1, -0.05) is 11.8 Å². The van der Waals surface area contributed by atoms with E-state index in [0.717, 1.165) is 6.07 Å². The maximum absolute atomic E-state index is 13.2. The van der Waals surface area contributed by atoms with E-state index in [-0.39, 0.29) is 24.3 Å². The van der Waals surface area contributed by atoms with Crippen LogP contribution >= 0.6 is 0 Å². The SMILES string of the molecule is Cc1cnc(CNC(=O)c2ccc(F)cc2C#CCO)o1. The van der Waals surface area contributed by atoms with Crippen molar-refractivity contribution in [1.29, 1.82) is 0 Å². The number of aliphatic hydroxyl groups is 1. The third kappa shape index (κ3) is 3.91. The zero-order valence-corrected chi connectivity index (χ0v) is 11.3. The van der Waals surface area contributed by atoms with Crippen LogP contribution in [0.3, 0.4) is 0 Å². The van der Waals surface area contributed by atoms with Crippen LogP contribution in [0, 0.1) is 24.6 Å². The summed E-state index contributed by atoms with van der Waals surface area (Å²) >= 11 is 0. The van der Waals surface area contributed by atoms with Crippen molar-refractivity contribution in [3.05, 3.63) is 53.0 Å².